The summed E-state index contributed by atoms with van der Waals surface area (Å²) in [5, 5.41) is 23.1. The van der Waals surface area contributed by atoms with Gasteiger partial charge in [-0.3, -0.25) is 9.59 Å². The highest BCUT2D eigenvalue weighted by atomic mass is 16.5. The second kappa shape index (κ2) is 55.7. The van der Waals surface area contributed by atoms with Crippen LogP contribution in [0.25, 0.3) is 0 Å². The Hall–Kier alpha value is -1.92. The van der Waals surface area contributed by atoms with Gasteiger partial charge in [-0.1, -0.05) is 249 Å². The normalized spacial score (nSPS) is 12.8. The molecule has 66 heavy (non-hydrogen) atoms. The molecule has 0 bridgehead atoms. The lowest BCUT2D eigenvalue weighted by Gasteiger charge is -2.20. The average molecular weight is 929 g/mol. The van der Waals surface area contributed by atoms with E-state index in [1.165, 1.54) is 218 Å². The standard InChI is InChI=1S/C60H113NO5/c1-3-5-7-9-11-13-15-17-19-25-28-32-36-40-44-48-52-58(63)57(56-62)61-59(64)53-49-45-41-37-33-29-26-22-20-21-23-27-31-35-39-43-47-51-55-66-60(65)54-50-46-42-38-34-30-24-18-16-14-12-10-8-6-4-2/h18,22,24,26,48,52,57-58,62-63H,3-17,19-21,23,25,27-47,49-51,53-56H2,1-2H3,(H,61,64)/b24-18-,26-22-,52-48+. The molecule has 0 rings (SSSR count). The van der Waals surface area contributed by atoms with E-state index in [2.05, 4.69) is 43.5 Å². The van der Waals surface area contributed by atoms with E-state index in [1.807, 2.05) is 6.08 Å². The highest BCUT2D eigenvalue weighted by Gasteiger charge is 2.18. The summed E-state index contributed by atoms with van der Waals surface area (Å²) >= 11 is 0. The lowest BCUT2D eigenvalue weighted by atomic mass is 10.0. The number of hydrogen-bond donors (Lipinski definition) is 3. The Kier molecular flexibility index (Phi) is 54.1. The SMILES string of the molecule is CCCCCCCC/C=C\CCCCCCCC(=O)OCCCCCCCCCCC/C=C\CCCCCCCC(=O)NC(CO)C(O)/C=C/CCCCCCCCCCCCCCCC. The van der Waals surface area contributed by atoms with Crippen LogP contribution in [0.2, 0.25) is 0 Å². The minimum absolute atomic E-state index is 0.00595. The van der Waals surface area contributed by atoms with E-state index in [1.54, 1.807) is 6.08 Å². The third-order valence-corrected chi connectivity index (χ3v) is 13.4. The van der Waals surface area contributed by atoms with Crippen molar-refractivity contribution in [1.29, 1.82) is 0 Å². The number of hydrogen-bond acceptors (Lipinski definition) is 5. The molecule has 6 nitrogen and oxygen atoms in total. The smallest absolute Gasteiger partial charge is 0.305 e. The van der Waals surface area contributed by atoms with Gasteiger partial charge in [-0.15, -0.1) is 0 Å². The second-order valence-electron chi connectivity index (χ2n) is 20.0. The molecule has 6 heteroatoms. The van der Waals surface area contributed by atoms with Crippen molar-refractivity contribution in [3.8, 4) is 0 Å². The molecule has 3 N–H and O–H groups in total. The number of esters is 1. The van der Waals surface area contributed by atoms with Crippen molar-refractivity contribution in [2.75, 3.05) is 13.2 Å². The second-order valence-corrected chi connectivity index (χ2v) is 20.0. The van der Waals surface area contributed by atoms with E-state index in [0.29, 0.717) is 19.4 Å². The first kappa shape index (κ1) is 64.1. The minimum Gasteiger partial charge on any atom is -0.466 e. The van der Waals surface area contributed by atoms with E-state index in [0.717, 1.165) is 64.2 Å². The van der Waals surface area contributed by atoms with Gasteiger partial charge in [-0.2, -0.15) is 0 Å². The molecule has 0 fully saturated rings. The first-order chi connectivity index (χ1) is 32.5. The number of carbonyl (C=O) groups excluding carboxylic acids is 2. The lowest BCUT2D eigenvalue weighted by molar-refractivity contribution is -0.143. The Labute approximate surface area is 411 Å². The number of carbonyl (C=O) groups is 2. The first-order valence-corrected chi connectivity index (χ1v) is 29.3. The first-order valence-electron chi connectivity index (χ1n) is 29.3. The van der Waals surface area contributed by atoms with Crippen molar-refractivity contribution in [2.24, 2.45) is 0 Å². The zero-order valence-electron chi connectivity index (χ0n) is 44.2. The Balaban J connectivity index is 3.48. The Bertz CT molecular complexity index is 1070. The third-order valence-electron chi connectivity index (χ3n) is 13.4. The van der Waals surface area contributed by atoms with Crippen LogP contribution < -0.4 is 5.32 Å². The monoisotopic (exact) mass is 928 g/mol. The Morgan fingerprint density at radius 2 is 0.712 bits per heavy atom. The molecule has 0 saturated carbocycles. The number of aliphatic hydroxyl groups is 2. The summed E-state index contributed by atoms with van der Waals surface area (Å²) in [5.74, 6) is -0.0876. The highest BCUT2D eigenvalue weighted by molar-refractivity contribution is 5.76. The van der Waals surface area contributed by atoms with Crippen LogP contribution in [0.4, 0.5) is 0 Å². The van der Waals surface area contributed by atoms with Gasteiger partial charge in [0.05, 0.1) is 25.4 Å². The molecule has 0 aliphatic carbocycles. The van der Waals surface area contributed by atoms with Gasteiger partial charge in [0.15, 0.2) is 0 Å². The summed E-state index contributed by atoms with van der Waals surface area (Å²) in [6.07, 6.45) is 68.8. The van der Waals surface area contributed by atoms with Crippen LogP contribution in [0, 0.1) is 0 Å². The molecule has 0 aliphatic rings. The fourth-order valence-corrected chi connectivity index (χ4v) is 8.86. The van der Waals surface area contributed by atoms with Crippen molar-refractivity contribution in [1.82, 2.24) is 5.32 Å². The Morgan fingerprint density at radius 1 is 0.409 bits per heavy atom. The fraction of sp³-hybridized carbons (Fsp3) is 0.867. The van der Waals surface area contributed by atoms with Crippen molar-refractivity contribution in [2.45, 2.75) is 321 Å². The number of rotatable bonds is 54. The topological polar surface area (TPSA) is 95.9 Å². The molecule has 0 spiro atoms. The van der Waals surface area contributed by atoms with Gasteiger partial charge in [-0.25, -0.2) is 0 Å². The van der Waals surface area contributed by atoms with Crippen LogP contribution in [-0.4, -0.2) is 47.4 Å². The van der Waals surface area contributed by atoms with E-state index in [9.17, 15) is 19.8 Å². The number of allylic oxidation sites excluding steroid dienone is 5. The summed E-state index contributed by atoms with van der Waals surface area (Å²) in [4.78, 5) is 24.5. The van der Waals surface area contributed by atoms with E-state index in [4.69, 9.17) is 4.74 Å². The average Bonchev–Trinajstić information content (AvgIpc) is 3.32. The van der Waals surface area contributed by atoms with Gasteiger partial charge in [0.1, 0.15) is 0 Å². The van der Waals surface area contributed by atoms with Crippen LogP contribution in [-0.2, 0) is 14.3 Å². The minimum atomic E-state index is -0.853. The lowest BCUT2D eigenvalue weighted by Crippen LogP contribution is -2.45. The zero-order chi connectivity index (χ0) is 47.9. The van der Waals surface area contributed by atoms with E-state index < -0.39 is 12.1 Å². The van der Waals surface area contributed by atoms with Crippen LogP contribution in [0.3, 0.4) is 0 Å². The predicted octanol–water partition coefficient (Wildman–Crippen LogP) is 18.0. The van der Waals surface area contributed by atoms with Crippen LogP contribution >= 0.6 is 0 Å². The number of aliphatic hydroxyl groups excluding tert-OH is 2. The van der Waals surface area contributed by atoms with Crippen molar-refractivity contribution in [3.05, 3.63) is 36.5 Å². The zero-order valence-corrected chi connectivity index (χ0v) is 44.2. The van der Waals surface area contributed by atoms with Gasteiger partial charge in [0.25, 0.3) is 0 Å². The quantitative estimate of drug-likeness (QED) is 0.0321. The number of nitrogens with one attached hydrogen (secondary N) is 1. The molecule has 0 radical (unpaired) electrons. The maximum atomic E-state index is 12.5. The molecule has 0 aromatic carbocycles. The predicted molar refractivity (Wildman–Crippen MR) is 287 cm³/mol. The van der Waals surface area contributed by atoms with Gasteiger partial charge in [0, 0.05) is 12.8 Å². The molecule has 0 saturated heterocycles. The molecular weight excluding hydrogens is 815 g/mol. The molecule has 1 amide bonds. The van der Waals surface area contributed by atoms with Gasteiger partial charge in [-0.05, 0) is 83.5 Å². The van der Waals surface area contributed by atoms with Crippen LogP contribution in [0.15, 0.2) is 36.5 Å². The van der Waals surface area contributed by atoms with E-state index >= 15 is 0 Å². The molecule has 0 aromatic rings. The molecule has 2 unspecified atom stereocenters. The van der Waals surface area contributed by atoms with Crippen molar-refractivity contribution in [3.63, 3.8) is 0 Å². The maximum Gasteiger partial charge on any atom is 0.305 e. The summed E-state index contributed by atoms with van der Waals surface area (Å²) in [6, 6.07) is -0.638. The molecule has 0 aromatic heterocycles. The molecule has 388 valence electrons. The largest absolute Gasteiger partial charge is 0.466 e. The maximum absolute atomic E-state index is 12.5. The summed E-state index contributed by atoms with van der Waals surface area (Å²) in [5.41, 5.74) is 0. The van der Waals surface area contributed by atoms with Gasteiger partial charge in [0.2, 0.25) is 5.91 Å². The number of amides is 1. The van der Waals surface area contributed by atoms with Gasteiger partial charge < -0.3 is 20.3 Å². The van der Waals surface area contributed by atoms with Crippen molar-refractivity contribution < 1.29 is 24.5 Å². The molecule has 0 aliphatic heterocycles. The van der Waals surface area contributed by atoms with Crippen LogP contribution in [0.1, 0.15) is 309 Å². The Morgan fingerprint density at radius 3 is 1.08 bits per heavy atom. The third kappa shape index (κ3) is 51.5. The number of unbranched alkanes of at least 4 members (excludes halogenated alkanes) is 39. The fourth-order valence-electron chi connectivity index (χ4n) is 8.86. The van der Waals surface area contributed by atoms with Gasteiger partial charge >= 0.3 is 5.97 Å². The van der Waals surface area contributed by atoms with Crippen LogP contribution in [0.5, 0.6) is 0 Å². The summed E-state index contributed by atoms with van der Waals surface area (Å²) in [7, 11) is 0. The summed E-state index contributed by atoms with van der Waals surface area (Å²) < 4.78 is 5.47. The number of ether oxygens (including phenoxy) is 1. The molecule has 0 heterocycles. The van der Waals surface area contributed by atoms with Crippen molar-refractivity contribution >= 4 is 11.9 Å². The highest BCUT2D eigenvalue weighted by Crippen LogP contribution is 2.16. The molecular formula is C60H113NO5. The summed E-state index contributed by atoms with van der Waals surface area (Å²) in [6.45, 7) is 4.89. The van der Waals surface area contributed by atoms with E-state index in [-0.39, 0.29) is 18.5 Å². The molecule has 2 atom stereocenters.